The van der Waals surface area contributed by atoms with E-state index in [2.05, 4.69) is 6.92 Å². The van der Waals surface area contributed by atoms with Crippen LogP contribution in [-0.4, -0.2) is 19.5 Å². The maximum Gasteiger partial charge on any atom is 0.167 e. The molecule has 0 fully saturated rings. The molecule has 0 amide bonds. The SMILES string of the molecule is CCCCCCCCOc1cccc(OC)c1C(C)=O. The molecule has 0 aromatic heterocycles. The molecule has 0 atom stereocenters. The van der Waals surface area contributed by atoms with Gasteiger partial charge in [-0.15, -0.1) is 0 Å². The van der Waals surface area contributed by atoms with E-state index in [4.69, 9.17) is 9.47 Å². The Morgan fingerprint density at radius 2 is 1.70 bits per heavy atom. The van der Waals surface area contributed by atoms with Crippen molar-refractivity contribution >= 4 is 5.78 Å². The molecule has 20 heavy (non-hydrogen) atoms. The zero-order chi connectivity index (χ0) is 14.8. The molecular weight excluding hydrogens is 252 g/mol. The van der Waals surface area contributed by atoms with Crippen LogP contribution in [0, 0.1) is 0 Å². The van der Waals surface area contributed by atoms with Gasteiger partial charge < -0.3 is 9.47 Å². The molecule has 1 rings (SSSR count). The largest absolute Gasteiger partial charge is 0.496 e. The van der Waals surface area contributed by atoms with Crippen LogP contribution in [0.5, 0.6) is 11.5 Å². The predicted molar refractivity (Wildman–Crippen MR) is 81.9 cm³/mol. The Morgan fingerprint density at radius 3 is 2.35 bits per heavy atom. The topological polar surface area (TPSA) is 35.5 Å². The van der Waals surface area contributed by atoms with Crippen molar-refractivity contribution in [2.45, 2.75) is 52.4 Å². The van der Waals surface area contributed by atoms with Crippen LogP contribution in [0.3, 0.4) is 0 Å². The third-order valence-electron chi connectivity index (χ3n) is 3.32. The van der Waals surface area contributed by atoms with Gasteiger partial charge in [0.1, 0.15) is 17.1 Å². The van der Waals surface area contributed by atoms with Gasteiger partial charge in [-0.3, -0.25) is 4.79 Å². The molecule has 0 aliphatic carbocycles. The zero-order valence-electron chi connectivity index (χ0n) is 12.9. The Bertz CT molecular complexity index is 413. The smallest absolute Gasteiger partial charge is 0.167 e. The number of rotatable bonds is 10. The van der Waals surface area contributed by atoms with Gasteiger partial charge in [0, 0.05) is 0 Å². The molecule has 0 bridgehead atoms. The summed E-state index contributed by atoms with van der Waals surface area (Å²) in [6.45, 7) is 4.41. The number of hydrogen-bond donors (Lipinski definition) is 0. The molecule has 1 aromatic rings. The Morgan fingerprint density at radius 1 is 1.05 bits per heavy atom. The van der Waals surface area contributed by atoms with E-state index in [1.54, 1.807) is 13.2 Å². The minimum atomic E-state index is -0.0274. The van der Waals surface area contributed by atoms with Crippen molar-refractivity contribution < 1.29 is 14.3 Å². The first-order valence-corrected chi connectivity index (χ1v) is 7.51. The quantitative estimate of drug-likeness (QED) is 0.462. The minimum Gasteiger partial charge on any atom is -0.496 e. The number of Topliss-reactive ketones (excluding diaryl/α,β-unsaturated/α-hetero) is 1. The second kappa shape index (κ2) is 9.40. The molecule has 3 nitrogen and oxygen atoms in total. The van der Waals surface area contributed by atoms with Crippen LogP contribution >= 0.6 is 0 Å². The van der Waals surface area contributed by atoms with Crippen molar-refractivity contribution in [3.05, 3.63) is 23.8 Å². The molecule has 0 saturated heterocycles. The third kappa shape index (κ3) is 5.24. The summed E-state index contributed by atoms with van der Waals surface area (Å²) in [5, 5.41) is 0. The van der Waals surface area contributed by atoms with Crippen LogP contribution in [-0.2, 0) is 0 Å². The van der Waals surface area contributed by atoms with Crippen molar-refractivity contribution in [1.82, 2.24) is 0 Å². The molecule has 0 N–H and O–H groups in total. The Hall–Kier alpha value is -1.51. The van der Waals surface area contributed by atoms with Crippen LogP contribution in [0.15, 0.2) is 18.2 Å². The van der Waals surface area contributed by atoms with Crippen molar-refractivity contribution in [3.8, 4) is 11.5 Å². The third-order valence-corrected chi connectivity index (χ3v) is 3.32. The Balaban J connectivity index is 2.45. The van der Waals surface area contributed by atoms with Gasteiger partial charge in [-0.05, 0) is 25.5 Å². The lowest BCUT2D eigenvalue weighted by atomic mass is 10.1. The first kappa shape index (κ1) is 16.5. The van der Waals surface area contributed by atoms with E-state index >= 15 is 0 Å². The monoisotopic (exact) mass is 278 g/mol. The van der Waals surface area contributed by atoms with Crippen molar-refractivity contribution in [3.63, 3.8) is 0 Å². The minimum absolute atomic E-state index is 0.0274. The molecule has 3 heteroatoms. The van der Waals surface area contributed by atoms with Gasteiger partial charge >= 0.3 is 0 Å². The summed E-state index contributed by atoms with van der Waals surface area (Å²) >= 11 is 0. The molecule has 112 valence electrons. The molecule has 1 aromatic carbocycles. The fourth-order valence-electron chi connectivity index (χ4n) is 2.21. The lowest BCUT2D eigenvalue weighted by Crippen LogP contribution is -2.05. The van der Waals surface area contributed by atoms with Crippen LogP contribution in [0.4, 0.5) is 0 Å². The van der Waals surface area contributed by atoms with Gasteiger partial charge in [-0.25, -0.2) is 0 Å². The summed E-state index contributed by atoms with van der Waals surface area (Å²) in [4.78, 5) is 11.7. The fraction of sp³-hybridized carbons (Fsp3) is 0.588. The van der Waals surface area contributed by atoms with Gasteiger partial charge in [0.05, 0.1) is 13.7 Å². The molecule has 0 aliphatic heterocycles. The molecule has 0 saturated carbocycles. The number of hydrogen-bond acceptors (Lipinski definition) is 3. The van der Waals surface area contributed by atoms with E-state index in [0.717, 1.165) is 6.42 Å². The first-order valence-electron chi connectivity index (χ1n) is 7.51. The van der Waals surface area contributed by atoms with E-state index in [-0.39, 0.29) is 5.78 Å². The molecule has 0 heterocycles. The molecule has 0 aliphatic rings. The van der Waals surface area contributed by atoms with E-state index in [9.17, 15) is 4.79 Å². The van der Waals surface area contributed by atoms with E-state index in [1.807, 2.05) is 12.1 Å². The summed E-state index contributed by atoms with van der Waals surface area (Å²) in [5.41, 5.74) is 0.543. The fourth-order valence-corrected chi connectivity index (χ4v) is 2.21. The van der Waals surface area contributed by atoms with Gasteiger partial charge in [0.25, 0.3) is 0 Å². The highest BCUT2D eigenvalue weighted by Gasteiger charge is 2.14. The average Bonchev–Trinajstić information content (AvgIpc) is 2.45. The number of carbonyl (C=O) groups is 1. The highest BCUT2D eigenvalue weighted by molar-refractivity contribution is 5.99. The van der Waals surface area contributed by atoms with Crippen LogP contribution in [0.2, 0.25) is 0 Å². The van der Waals surface area contributed by atoms with E-state index in [0.29, 0.717) is 23.7 Å². The maximum atomic E-state index is 11.7. The van der Waals surface area contributed by atoms with Crippen molar-refractivity contribution in [1.29, 1.82) is 0 Å². The van der Waals surface area contributed by atoms with E-state index in [1.165, 1.54) is 39.0 Å². The lowest BCUT2D eigenvalue weighted by molar-refractivity contribution is 0.101. The van der Waals surface area contributed by atoms with Crippen LogP contribution in [0.1, 0.15) is 62.7 Å². The Labute approximate surface area is 122 Å². The highest BCUT2D eigenvalue weighted by atomic mass is 16.5. The normalized spacial score (nSPS) is 10.3. The van der Waals surface area contributed by atoms with Crippen LogP contribution in [0.25, 0.3) is 0 Å². The summed E-state index contributed by atoms with van der Waals surface area (Å²) in [6, 6.07) is 5.46. The lowest BCUT2D eigenvalue weighted by Gasteiger charge is -2.12. The summed E-state index contributed by atoms with van der Waals surface area (Å²) in [5.74, 6) is 1.18. The second-order valence-corrected chi connectivity index (χ2v) is 5.01. The average molecular weight is 278 g/mol. The summed E-state index contributed by atoms with van der Waals surface area (Å²) in [6.07, 6.45) is 7.34. The van der Waals surface area contributed by atoms with Gasteiger partial charge in [-0.1, -0.05) is 45.1 Å². The first-order chi connectivity index (χ1) is 9.70. The molecule has 0 unspecified atom stereocenters. The number of ether oxygens (including phenoxy) is 2. The van der Waals surface area contributed by atoms with Gasteiger partial charge in [-0.2, -0.15) is 0 Å². The van der Waals surface area contributed by atoms with Crippen molar-refractivity contribution in [2.24, 2.45) is 0 Å². The van der Waals surface area contributed by atoms with E-state index < -0.39 is 0 Å². The number of unbranched alkanes of at least 4 members (excludes halogenated alkanes) is 5. The van der Waals surface area contributed by atoms with Gasteiger partial charge in [0.2, 0.25) is 0 Å². The maximum absolute atomic E-state index is 11.7. The molecular formula is C17H26O3. The second-order valence-electron chi connectivity index (χ2n) is 5.01. The summed E-state index contributed by atoms with van der Waals surface area (Å²) < 4.78 is 11.0. The number of carbonyl (C=O) groups excluding carboxylic acids is 1. The van der Waals surface area contributed by atoms with Gasteiger partial charge in [0.15, 0.2) is 5.78 Å². The summed E-state index contributed by atoms with van der Waals surface area (Å²) in [7, 11) is 1.57. The molecule has 0 spiro atoms. The highest BCUT2D eigenvalue weighted by Crippen LogP contribution is 2.28. The molecule has 0 radical (unpaired) electrons. The van der Waals surface area contributed by atoms with Crippen LogP contribution < -0.4 is 9.47 Å². The standard InChI is InChI=1S/C17H26O3/c1-4-5-6-7-8-9-13-20-16-12-10-11-15(19-3)17(16)14(2)18/h10-12H,4-9,13H2,1-3H3. The number of ketones is 1. The zero-order valence-corrected chi connectivity index (χ0v) is 12.9. The Kier molecular flexibility index (Phi) is 7.78. The number of methoxy groups -OCH3 is 1. The predicted octanol–water partition coefficient (Wildman–Crippen LogP) is 4.64. The number of benzene rings is 1. The van der Waals surface area contributed by atoms with Crippen molar-refractivity contribution in [2.75, 3.05) is 13.7 Å².